The average Bonchev–Trinajstić information content (AvgIpc) is 2.94. The summed E-state index contributed by atoms with van der Waals surface area (Å²) in [6.07, 6.45) is 2.03. The van der Waals surface area contributed by atoms with Crippen molar-refractivity contribution in [1.82, 2.24) is 15.1 Å². The zero-order chi connectivity index (χ0) is 13.1. The highest BCUT2D eigenvalue weighted by molar-refractivity contribution is 5.96. The third-order valence-corrected chi connectivity index (χ3v) is 2.77. The lowest BCUT2D eigenvalue weighted by Crippen LogP contribution is -2.32. The van der Waals surface area contributed by atoms with Crippen LogP contribution in [0.1, 0.15) is 33.8 Å². The molecule has 0 aromatic carbocycles. The quantitative estimate of drug-likeness (QED) is 0.733. The van der Waals surface area contributed by atoms with Crippen molar-refractivity contribution in [3.05, 3.63) is 17.5 Å². The first-order chi connectivity index (χ1) is 8.58. The normalized spacial score (nSPS) is 18.8. The molecule has 1 aromatic heterocycles. The zero-order valence-electron chi connectivity index (χ0n) is 10.1. The van der Waals surface area contributed by atoms with E-state index in [0.29, 0.717) is 6.54 Å². The molecule has 1 radical (unpaired) electrons. The lowest BCUT2D eigenvalue weighted by Gasteiger charge is -2.10. The van der Waals surface area contributed by atoms with E-state index < -0.39 is 5.91 Å². The number of rotatable bonds is 4. The van der Waals surface area contributed by atoms with Crippen LogP contribution in [0.3, 0.4) is 0 Å². The number of primary amides is 1. The largest absolute Gasteiger partial charge is 0.376 e. The van der Waals surface area contributed by atoms with Gasteiger partial charge in [-0.25, -0.2) is 0 Å². The van der Waals surface area contributed by atoms with Crippen LogP contribution in [0.5, 0.6) is 0 Å². The number of nitrogens with one attached hydrogen (secondary N) is 1. The minimum atomic E-state index is -0.705. The van der Waals surface area contributed by atoms with Crippen LogP contribution < -0.4 is 11.1 Å². The van der Waals surface area contributed by atoms with Gasteiger partial charge in [0.05, 0.1) is 12.2 Å². The van der Waals surface area contributed by atoms with Crippen LogP contribution in [-0.2, 0) is 11.8 Å². The molecule has 1 atom stereocenters. The van der Waals surface area contributed by atoms with Gasteiger partial charge in [0.25, 0.3) is 11.8 Å². The predicted molar refractivity (Wildman–Crippen MR) is 61.9 cm³/mol. The minimum Gasteiger partial charge on any atom is -0.376 e. The van der Waals surface area contributed by atoms with Gasteiger partial charge >= 0.3 is 0 Å². The Morgan fingerprint density at radius 3 is 3.00 bits per heavy atom. The fourth-order valence-electron chi connectivity index (χ4n) is 1.83. The van der Waals surface area contributed by atoms with E-state index in [0.717, 1.165) is 19.4 Å². The van der Waals surface area contributed by atoms with E-state index in [1.54, 1.807) is 7.05 Å². The second-order valence-electron chi connectivity index (χ2n) is 4.16. The number of carbonyl (C=O) groups excluding carboxylic acids is 2. The fourth-order valence-corrected chi connectivity index (χ4v) is 1.83. The van der Waals surface area contributed by atoms with Crippen LogP contribution in [0.2, 0.25) is 0 Å². The Balaban J connectivity index is 1.97. The van der Waals surface area contributed by atoms with E-state index in [2.05, 4.69) is 16.5 Å². The molecule has 7 heteroatoms. The van der Waals surface area contributed by atoms with Gasteiger partial charge in [0.1, 0.15) is 5.69 Å². The van der Waals surface area contributed by atoms with Crippen molar-refractivity contribution in [3.8, 4) is 0 Å². The molecule has 0 unspecified atom stereocenters. The summed E-state index contributed by atoms with van der Waals surface area (Å²) in [4.78, 5) is 22.8. The smallest absolute Gasteiger partial charge is 0.270 e. The third kappa shape index (κ3) is 2.67. The second-order valence-corrected chi connectivity index (χ2v) is 4.16. The van der Waals surface area contributed by atoms with Crippen molar-refractivity contribution >= 4 is 11.8 Å². The summed E-state index contributed by atoms with van der Waals surface area (Å²) in [6, 6.07) is 2.58. The number of nitrogens with zero attached hydrogens (tertiary/aromatic N) is 2. The van der Waals surface area contributed by atoms with Gasteiger partial charge in [-0.15, -0.1) is 0 Å². The average molecular weight is 251 g/mol. The van der Waals surface area contributed by atoms with Crippen LogP contribution >= 0.6 is 0 Å². The molecule has 1 aliphatic rings. The lowest BCUT2D eigenvalue weighted by molar-refractivity contribution is 0.0849. The van der Waals surface area contributed by atoms with E-state index in [1.807, 2.05) is 0 Å². The number of amides is 2. The first-order valence-corrected chi connectivity index (χ1v) is 5.74. The van der Waals surface area contributed by atoms with Gasteiger partial charge < -0.3 is 15.8 Å². The summed E-state index contributed by atoms with van der Waals surface area (Å²) in [7, 11) is 1.56. The Morgan fingerprint density at radius 2 is 2.44 bits per heavy atom. The molecular weight excluding hydrogens is 236 g/mol. The monoisotopic (exact) mass is 251 g/mol. The summed E-state index contributed by atoms with van der Waals surface area (Å²) >= 11 is 0. The van der Waals surface area contributed by atoms with Gasteiger partial charge in [0, 0.05) is 20.2 Å². The molecule has 2 heterocycles. The van der Waals surface area contributed by atoms with Gasteiger partial charge in [0.15, 0.2) is 5.69 Å². The predicted octanol–water partition coefficient (Wildman–Crippen LogP) is -0.772. The number of aromatic nitrogens is 2. The molecule has 3 N–H and O–H groups in total. The van der Waals surface area contributed by atoms with Gasteiger partial charge in [-0.05, 0) is 12.8 Å². The maximum absolute atomic E-state index is 11.8. The standard InChI is InChI=1S/C11H15N4O3/c1-15-9(5-8(14-15)10(12)16)11(17)13-6-7-3-2-4-18-7/h7H,2-4,6H2,1H3,(H2,12,16)(H,13,17)/t7-/m0/s1. The van der Waals surface area contributed by atoms with Crippen molar-refractivity contribution in [3.63, 3.8) is 0 Å². The highest BCUT2D eigenvalue weighted by atomic mass is 16.5. The van der Waals surface area contributed by atoms with Crippen molar-refractivity contribution in [2.75, 3.05) is 13.2 Å². The maximum atomic E-state index is 11.8. The first-order valence-electron chi connectivity index (χ1n) is 5.74. The molecule has 0 saturated carbocycles. The number of aryl methyl sites for hydroxylation is 1. The molecule has 1 aliphatic heterocycles. The molecule has 0 aliphatic carbocycles. The van der Waals surface area contributed by atoms with E-state index in [-0.39, 0.29) is 23.4 Å². The number of carbonyl (C=O) groups is 2. The maximum Gasteiger partial charge on any atom is 0.270 e. The van der Waals surface area contributed by atoms with E-state index in [9.17, 15) is 9.59 Å². The molecule has 1 saturated heterocycles. The summed E-state index contributed by atoms with van der Waals surface area (Å²) in [6.45, 7) is 1.19. The topological polar surface area (TPSA) is 99.2 Å². The summed E-state index contributed by atoms with van der Waals surface area (Å²) in [5, 5.41) is 6.53. The Labute approximate surface area is 104 Å². The molecule has 1 fully saturated rings. The number of ether oxygens (including phenoxy) is 1. The first kappa shape index (κ1) is 12.6. The van der Waals surface area contributed by atoms with E-state index in [1.165, 1.54) is 4.68 Å². The molecule has 0 bridgehead atoms. The number of nitrogens with two attached hydrogens (primary N) is 1. The third-order valence-electron chi connectivity index (χ3n) is 2.77. The van der Waals surface area contributed by atoms with Crippen LogP contribution in [-0.4, -0.2) is 40.9 Å². The zero-order valence-corrected chi connectivity index (χ0v) is 10.1. The van der Waals surface area contributed by atoms with Crippen molar-refractivity contribution in [1.29, 1.82) is 0 Å². The fraction of sp³-hybridized carbons (Fsp3) is 0.545. The van der Waals surface area contributed by atoms with Crippen molar-refractivity contribution in [2.24, 2.45) is 12.8 Å². The number of hydrogen-bond acceptors (Lipinski definition) is 4. The number of hydrogen-bond donors (Lipinski definition) is 2. The SMILES string of the molecule is Cn1nc(C(N)=O)[c]c1C(=O)NC[C@@H]1CCCO1. The highest BCUT2D eigenvalue weighted by Crippen LogP contribution is 2.11. The summed E-state index contributed by atoms with van der Waals surface area (Å²) < 4.78 is 6.67. The Morgan fingerprint density at radius 1 is 1.67 bits per heavy atom. The summed E-state index contributed by atoms with van der Waals surface area (Å²) in [5.41, 5.74) is 5.21. The highest BCUT2D eigenvalue weighted by Gasteiger charge is 2.19. The van der Waals surface area contributed by atoms with E-state index >= 15 is 0 Å². The van der Waals surface area contributed by atoms with Crippen molar-refractivity contribution < 1.29 is 14.3 Å². The van der Waals surface area contributed by atoms with Gasteiger partial charge in [-0.3, -0.25) is 14.3 Å². The molecule has 2 amide bonds. The molecule has 2 rings (SSSR count). The molecular formula is C11H15N4O3. The van der Waals surface area contributed by atoms with Crippen LogP contribution in [0, 0.1) is 6.07 Å². The Kier molecular flexibility index (Phi) is 3.61. The molecule has 1 aromatic rings. The van der Waals surface area contributed by atoms with Gasteiger partial charge in [-0.2, -0.15) is 5.10 Å². The van der Waals surface area contributed by atoms with Gasteiger partial charge in [-0.1, -0.05) is 0 Å². The van der Waals surface area contributed by atoms with Crippen LogP contribution in [0.4, 0.5) is 0 Å². The Hall–Kier alpha value is -1.89. The molecule has 18 heavy (non-hydrogen) atoms. The van der Waals surface area contributed by atoms with Crippen molar-refractivity contribution in [2.45, 2.75) is 18.9 Å². The molecule has 97 valence electrons. The molecule has 7 nitrogen and oxygen atoms in total. The second kappa shape index (κ2) is 5.18. The van der Waals surface area contributed by atoms with E-state index in [4.69, 9.17) is 10.5 Å². The van der Waals surface area contributed by atoms with Crippen LogP contribution in [0.25, 0.3) is 0 Å². The molecule has 0 spiro atoms. The Bertz CT molecular complexity index is 463. The minimum absolute atomic E-state index is 0.0419. The van der Waals surface area contributed by atoms with Crippen LogP contribution in [0.15, 0.2) is 0 Å². The lowest BCUT2D eigenvalue weighted by atomic mass is 10.2. The summed E-state index contributed by atoms with van der Waals surface area (Å²) in [5.74, 6) is -1.04. The van der Waals surface area contributed by atoms with Gasteiger partial charge in [0.2, 0.25) is 0 Å².